The monoisotopic (exact) mass is 351 g/mol. The molecule has 132 valence electrons. The average Bonchev–Trinajstić information content (AvgIpc) is 2.58. The number of nitrogens with two attached hydrogens (primary N) is 1. The Morgan fingerprint density at radius 3 is 2.28 bits per heavy atom. The Balaban J connectivity index is 2.20. The van der Waals surface area contributed by atoms with E-state index in [4.69, 9.17) is 5.73 Å². The van der Waals surface area contributed by atoms with Crippen LogP contribution in [0.1, 0.15) is 28.0 Å². The molecule has 1 aromatic carbocycles. The Morgan fingerprint density at radius 1 is 1.08 bits per heavy atom. The summed E-state index contributed by atoms with van der Waals surface area (Å²) < 4.78 is 37.7. The van der Waals surface area contributed by atoms with Crippen molar-refractivity contribution in [2.75, 3.05) is 6.54 Å². The van der Waals surface area contributed by atoms with Crippen LogP contribution >= 0.6 is 0 Å². The Kier molecular flexibility index (Phi) is 5.74. The number of rotatable bonds is 6. The normalized spacial score (nSPS) is 11.2. The molecule has 2 aromatic rings. The van der Waals surface area contributed by atoms with Gasteiger partial charge in [-0.25, -0.2) is 0 Å². The number of nitrogens with zero attached hydrogens (tertiary/aromatic N) is 2. The summed E-state index contributed by atoms with van der Waals surface area (Å²) in [4.78, 5) is 28.2. The second-order valence-electron chi connectivity index (χ2n) is 5.36. The van der Waals surface area contributed by atoms with E-state index in [1.54, 1.807) is 24.3 Å². The second-order valence-corrected chi connectivity index (χ2v) is 5.36. The Bertz CT molecular complexity index is 731. The molecule has 0 bridgehead atoms. The molecule has 0 radical (unpaired) electrons. The predicted molar refractivity (Wildman–Crippen MR) is 84.2 cm³/mol. The van der Waals surface area contributed by atoms with Gasteiger partial charge in [0.1, 0.15) is 5.69 Å². The van der Waals surface area contributed by atoms with Gasteiger partial charge in [-0.2, -0.15) is 13.2 Å². The molecule has 1 aromatic heterocycles. The smallest absolute Gasteiger partial charge is 0.370 e. The van der Waals surface area contributed by atoms with Crippen molar-refractivity contribution >= 4 is 11.8 Å². The molecule has 0 spiro atoms. The Hall–Kier alpha value is -2.90. The van der Waals surface area contributed by atoms with Crippen molar-refractivity contribution in [1.82, 2.24) is 9.88 Å². The minimum Gasteiger partial charge on any atom is -0.370 e. The van der Waals surface area contributed by atoms with Crippen LogP contribution in [-0.2, 0) is 17.5 Å². The van der Waals surface area contributed by atoms with E-state index in [1.807, 2.05) is 6.07 Å². The number of aromatic nitrogens is 1. The fraction of sp³-hybridized carbons (Fsp3) is 0.235. The molecule has 1 heterocycles. The van der Waals surface area contributed by atoms with Gasteiger partial charge in [-0.3, -0.25) is 14.6 Å². The van der Waals surface area contributed by atoms with Gasteiger partial charge in [-0.05, 0) is 17.7 Å². The second kappa shape index (κ2) is 7.78. The van der Waals surface area contributed by atoms with E-state index in [2.05, 4.69) is 4.98 Å². The largest absolute Gasteiger partial charge is 0.433 e. The quantitative estimate of drug-likeness (QED) is 0.869. The van der Waals surface area contributed by atoms with Gasteiger partial charge in [-0.1, -0.05) is 30.3 Å². The van der Waals surface area contributed by atoms with E-state index in [0.717, 1.165) is 23.9 Å². The first-order valence-electron chi connectivity index (χ1n) is 7.42. The molecule has 2 amide bonds. The number of benzene rings is 1. The maximum absolute atomic E-state index is 12.6. The molecular formula is C17H16F3N3O2. The molecule has 0 saturated heterocycles. The van der Waals surface area contributed by atoms with Crippen LogP contribution in [0.4, 0.5) is 13.2 Å². The summed E-state index contributed by atoms with van der Waals surface area (Å²) in [5.41, 5.74) is 4.88. The third-order valence-electron chi connectivity index (χ3n) is 3.43. The number of halogens is 3. The van der Waals surface area contributed by atoms with Gasteiger partial charge in [0.2, 0.25) is 5.91 Å². The lowest BCUT2D eigenvalue weighted by Gasteiger charge is -2.22. The van der Waals surface area contributed by atoms with Crippen molar-refractivity contribution in [2.24, 2.45) is 5.73 Å². The standard InChI is InChI=1S/C17H16F3N3O2/c18-17(19,20)14-7-6-13(10-22-14)16(25)23(9-8-15(21)24)11-12-4-2-1-3-5-12/h1-7,10H,8-9,11H2,(H2,21,24). The summed E-state index contributed by atoms with van der Waals surface area (Å²) in [6.07, 6.45) is -3.74. The van der Waals surface area contributed by atoms with Crippen molar-refractivity contribution in [3.63, 3.8) is 0 Å². The van der Waals surface area contributed by atoms with Gasteiger partial charge >= 0.3 is 6.18 Å². The zero-order valence-electron chi connectivity index (χ0n) is 13.2. The first kappa shape index (κ1) is 18.4. The number of hydrogen-bond donors (Lipinski definition) is 1. The predicted octanol–water partition coefficient (Wildman–Crippen LogP) is 2.62. The highest BCUT2D eigenvalue weighted by Crippen LogP contribution is 2.27. The molecule has 8 heteroatoms. The first-order valence-corrected chi connectivity index (χ1v) is 7.42. The molecule has 0 saturated carbocycles. The fourth-order valence-electron chi connectivity index (χ4n) is 2.17. The minimum absolute atomic E-state index is 0.00778. The van der Waals surface area contributed by atoms with E-state index in [9.17, 15) is 22.8 Å². The van der Waals surface area contributed by atoms with Gasteiger partial charge in [0.05, 0.1) is 5.56 Å². The van der Waals surface area contributed by atoms with Crippen LogP contribution in [0.5, 0.6) is 0 Å². The van der Waals surface area contributed by atoms with Crippen LogP contribution in [0.15, 0.2) is 48.7 Å². The van der Waals surface area contributed by atoms with Crippen LogP contribution < -0.4 is 5.73 Å². The molecule has 0 unspecified atom stereocenters. The lowest BCUT2D eigenvalue weighted by atomic mass is 10.1. The van der Waals surface area contributed by atoms with Crippen LogP contribution in [0.25, 0.3) is 0 Å². The lowest BCUT2D eigenvalue weighted by Crippen LogP contribution is -2.33. The number of carbonyl (C=O) groups is 2. The molecule has 5 nitrogen and oxygen atoms in total. The molecular weight excluding hydrogens is 335 g/mol. The van der Waals surface area contributed by atoms with Crippen molar-refractivity contribution in [1.29, 1.82) is 0 Å². The zero-order valence-corrected chi connectivity index (χ0v) is 13.2. The van der Waals surface area contributed by atoms with Crippen LogP contribution in [-0.4, -0.2) is 28.2 Å². The molecule has 25 heavy (non-hydrogen) atoms. The lowest BCUT2D eigenvalue weighted by molar-refractivity contribution is -0.141. The number of pyridine rings is 1. The average molecular weight is 351 g/mol. The summed E-state index contributed by atoms with van der Waals surface area (Å²) in [5.74, 6) is -1.09. The van der Waals surface area contributed by atoms with E-state index >= 15 is 0 Å². The molecule has 0 aliphatic carbocycles. The summed E-state index contributed by atoms with van der Waals surface area (Å²) in [6.45, 7) is 0.262. The van der Waals surface area contributed by atoms with Gasteiger partial charge in [0.25, 0.3) is 5.91 Å². The summed E-state index contributed by atoms with van der Waals surface area (Å²) >= 11 is 0. The third kappa shape index (κ3) is 5.30. The number of alkyl halides is 3. The van der Waals surface area contributed by atoms with Gasteiger partial charge in [0, 0.05) is 25.7 Å². The Morgan fingerprint density at radius 2 is 1.76 bits per heavy atom. The molecule has 0 fully saturated rings. The van der Waals surface area contributed by atoms with Gasteiger partial charge < -0.3 is 10.6 Å². The maximum atomic E-state index is 12.6. The van der Waals surface area contributed by atoms with Crippen molar-refractivity contribution in [3.05, 3.63) is 65.5 Å². The molecule has 0 aliphatic rings. The first-order chi connectivity index (χ1) is 11.8. The van der Waals surface area contributed by atoms with E-state index in [-0.39, 0.29) is 25.1 Å². The highest BCUT2D eigenvalue weighted by Gasteiger charge is 2.32. The van der Waals surface area contributed by atoms with Crippen LogP contribution in [0, 0.1) is 0 Å². The van der Waals surface area contributed by atoms with Crippen molar-refractivity contribution < 1.29 is 22.8 Å². The van der Waals surface area contributed by atoms with E-state index < -0.39 is 23.7 Å². The van der Waals surface area contributed by atoms with Crippen molar-refractivity contribution in [2.45, 2.75) is 19.1 Å². The maximum Gasteiger partial charge on any atom is 0.433 e. The van der Waals surface area contributed by atoms with Crippen molar-refractivity contribution in [3.8, 4) is 0 Å². The van der Waals surface area contributed by atoms with Gasteiger partial charge in [0.15, 0.2) is 0 Å². The number of amides is 2. The molecule has 0 aliphatic heterocycles. The van der Waals surface area contributed by atoms with Gasteiger partial charge in [-0.15, -0.1) is 0 Å². The molecule has 2 N–H and O–H groups in total. The highest BCUT2D eigenvalue weighted by molar-refractivity contribution is 5.94. The summed E-state index contributed by atoms with van der Waals surface area (Å²) in [6, 6.07) is 10.8. The summed E-state index contributed by atoms with van der Waals surface area (Å²) in [7, 11) is 0. The minimum atomic E-state index is -4.57. The SMILES string of the molecule is NC(=O)CCN(Cc1ccccc1)C(=O)c1ccc(C(F)(F)F)nc1. The van der Waals surface area contributed by atoms with E-state index in [0.29, 0.717) is 0 Å². The van der Waals surface area contributed by atoms with Crippen LogP contribution in [0.3, 0.4) is 0 Å². The Labute approximate surface area is 142 Å². The fourth-order valence-corrected chi connectivity index (χ4v) is 2.17. The number of primary amides is 1. The van der Waals surface area contributed by atoms with Crippen LogP contribution in [0.2, 0.25) is 0 Å². The number of carbonyl (C=O) groups excluding carboxylic acids is 2. The van der Waals surface area contributed by atoms with E-state index in [1.165, 1.54) is 4.90 Å². The topological polar surface area (TPSA) is 76.3 Å². The molecule has 0 atom stereocenters. The summed E-state index contributed by atoms with van der Waals surface area (Å²) in [5, 5.41) is 0. The third-order valence-corrected chi connectivity index (χ3v) is 3.43. The molecule has 2 rings (SSSR count). The zero-order chi connectivity index (χ0) is 18.4. The highest BCUT2D eigenvalue weighted by atomic mass is 19.4. The number of hydrogen-bond acceptors (Lipinski definition) is 3.